The van der Waals surface area contributed by atoms with Crippen LogP contribution in [0.2, 0.25) is 0 Å². The molecule has 0 aliphatic carbocycles. The summed E-state index contributed by atoms with van der Waals surface area (Å²) in [6, 6.07) is 42.0. The second-order valence-electron chi connectivity index (χ2n) is 37.1. The van der Waals surface area contributed by atoms with E-state index in [-0.39, 0.29) is 12.1 Å². The summed E-state index contributed by atoms with van der Waals surface area (Å²) in [7, 11) is 0. The summed E-state index contributed by atoms with van der Waals surface area (Å²) in [6.07, 6.45) is 30.6. The van der Waals surface area contributed by atoms with E-state index in [1.54, 1.807) is 0 Å². The van der Waals surface area contributed by atoms with Crippen molar-refractivity contribution in [1.82, 2.24) is 5.32 Å². The average molecular weight is 1390 g/mol. The first-order valence-corrected chi connectivity index (χ1v) is 42.5. The number of hydrogen-bond acceptors (Lipinski definition) is 1. The van der Waals surface area contributed by atoms with E-state index in [0.717, 1.165) is 85.8 Å². The Balaban J connectivity index is 1.11. The minimum absolute atomic E-state index is 0.172. The van der Waals surface area contributed by atoms with Gasteiger partial charge in [-0.15, -0.1) is 0 Å². The van der Waals surface area contributed by atoms with Crippen LogP contribution in [-0.2, 0) is 32.1 Å². The van der Waals surface area contributed by atoms with Crippen LogP contribution < -0.4 is 10.6 Å². The molecule has 104 heavy (non-hydrogen) atoms. The summed E-state index contributed by atoms with van der Waals surface area (Å²) in [5, 5.41) is 41.2. The highest BCUT2D eigenvalue weighted by atomic mass is 16.2. The number of aryl methyl sites for hydroxylation is 5. The van der Waals surface area contributed by atoms with E-state index in [1.807, 2.05) is 0 Å². The molecule has 0 aromatic heterocycles. The van der Waals surface area contributed by atoms with Crippen molar-refractivity contribution < 1.29 is 4.79 Å². The molecular formula is C101H128N2O. The first kappa shape index (κ1) is 73.9. The Kier molecular flexibility index (Phi) is 22.4. The normalized spacial score (nSPS) is 14.8. The van der Waals surface area contributed by atoms with Crippen molar-refractivity contribution in [3.05, 3.63) is 137 Å². The van der Waals surface area contributed by atoms with Crippen molar-refractivity contribution in [3.63, 3.8) is 0 Å². The number of carbonyl (C=O) groups excluding carboxylic acids is 1. The van der Waals surface area contributed by atoms with Crippen molar-refractivity contribution in [3.8, 4) is 0 Å². The van der Waals surface area contributed by atoms with Gasteiger partial charge in [0.25, 0.3) is 0 Å². The highest BCUT2D eigenvalue weighted by Crippen LogP contribution is 2.61. The molecule has 14 rings (SSSR count). The van der Waals surface area contributed by atoms with Crippen molar-refractivity contribution in [1.29, 1.82) is 0 Å². The van der Waals surface area contributed by atoms with E-state index in [1.165, 1.54) is 273 Å². The fraction of sp³-hybridized carbons (Fsp3) is 0.515. The van der Waals surface area contributed by atoms with E-state index in [2.05, 4.69) is 225 Å². The van der Waals surface area contributed by atoms with Gasteiger partial charge in [0.15, 0.2) is 0 Å². The van der Waals surface area contributed by atoms with Gasteiger partial charge in [0.05, 0.1) is 6.04 Å². The van der Waals surface area contributed by atoms with Crippen LogP contribution in [0.3, 0.4) is 0 Å². The van der Waals surface area contributed by atoms with Gasteiger partial charge >= 0.3 is 6.03 Å². The summed E-state index contributed by atoms with van der Waals surface area (Å²) in [5.41, 5.74) is 9.30. The van der Waals surface area contributed by atoms with Crippen LogP contribution in [0.15, 0.2) is 103 Å². The topological polar surface area (TPSA) is 41.1 Å². The Bertz CT molecular complexity index is 4920. The Labute approximate surface area is 625 Å². The van der Waals surface area contributed by atoms with Gasteiger partial charge < -0.3 is 10.6 Å². The number of anilines is 1. The van der Waals surface area contributed by atoms with E-state index in [9.17, 15) is 4.79 Å². The predicted molar refractivity (Wildman–Crippen MR) is 462 cm³/mol. The van der Waals surface area contributed by atoms with Crippen molar-refractivity contribution in [2.24, 2.45) is 59.2 Å². The number of urea groups is 1. The lowest BCUT2D eigenvalue weighted by Gasteiger charge is -2.30. The predicted octanol–water partition coefficient (Wildman–Crippen LogP) is 31.0. The number of nitrogens with one attached hydrogen (secondary N) is 2. The molecule has 0 fully saturated rings. The maximum atomic E-state index is 14.9. The Hall–Kier alpha value is -6.97. The maximum absolute atomic E-state index is 14.9. The Morgan fingerprint density at radius 1 is 0.260 bits per heavy atom. The molecule has 2 N–H and O–H groups in total. The van der Waals surface area contributed by atoms with Gasteiger partial charge in [-0.25, -0.2) is 4.79 Å². The van der Waals surface area contributed by atoms with Gasteiger partial charge in [0, 0.05) is 5.69 Å². The van der Waals surface area contributed by atoms with Gasteiger partial charge in [-0.2, -0.15) is 0 Å². The van der Waals surface area contributed by atoms with E-state index in [4.69, 9.17) is 0 Å². The van der Waals surface area contributed by atoms with Crippen molar-refractivity contribution in [2.45, 2.75) is 277 Å². The monoisotopic (exact) mass is 1390 g/mol. The SMILES string of the molecule is CC(C)CCCC(C)CCc1cc2c3cc(CCC(C)CCCC(C)C)cc4c5cc(CCC(C)CCCC(C)C)cc6c7cc(NC(=O)N[C@@H](C)c8ccccc8)cc8c9cc(CCC(C)CCCC(C)C)cc%10c%11cc(CCC(C)CCCC(C)C)cc%12c(c1)c2c1c(c34)c(c56)c(c78)c(c%109)c1c%12%11. The van der Waals surface area contributed by atoms with Crippen LogP contribution >= 0.6 is 0 Å². The lowest BCUT2D eigenvalue weighted by atomic mass is 9.72. The van der Waals surface area contributed by atoms with E-state index < -0.39 is 0 Å². The third-order valence-corrected chi connectivity index (χ3v) is 25.8. The second-order valence-corrected chi connectivity index (χ2v) is 37.1. The van der Waals surface area contributed by atoms with Crippen LogP contribution in [0.25, 0.3) is 129 Å². The molecule has 14 aromatic rings. The molecular weight excluding hydrogens is 1260 g/mol. The quantitative estimate of drug-likeness (QED) is 0.0294. The summed E-state index contributed by atoms with van der Waals surface area (Å²) < 4.78 is 0. The van der Waals surface area contributed by atoms with E-state index >= 15 is 0 Å². The summed E-state index contributed by atoms with van der Waals surface area (Å²) in [5.74, 6) is 6.88. The van der Waals surface area contributed by atoms with Crippen molar-refractivity contribution >= 4 is 141 Å². The third kappa shape index (κ3) is 15.1. The third-order valence-electron chi connectivity index (χ3n) is 25.8. The molecule has 0 heterocycles. The molecule has 5 unspecified atom stereocenters. The molecule has 0 radical (unpaired) electrons. The first-order valence-electron chi connectivity index (χ1n) is 42.5. The molecule has 2 amide bonds. The number of carbonyl (C=O) groups is 1. The maximum Gasteiger partial charge on any atom is 0.319 e. The number of fused-ring (bicyclic) bond motifs is 6. The smallest absolute Gasteiger partial charge is 0.319 e. The van der Waals surface area contributed by atoms with Gasteiger partial charge in [-0.1, -0.05) is 291 Å². The molecule has 6 atom stereocenters. The van der Waals surface area contributed by atoms with Gasteiger partial charge in [0.2, 0.25) is 0 Å². The second kappa shape index (κ2) is 31.5. The zero-order valence-electron chi connectivity index (χ0n) is 67.3. The number of rotatable bonds is 38. The number of benzene rings is 14. The molecule has 548 valence electrons. The molecule has 0 saturated carbocycles. The number of amides is 2. The van der Waals surface area contributed by atoms with Crippen molar-refractivity contribution in [2.75, 3.05) is 5.32 Å². The largest absolute Gasteiger partial charge is 0.331 e. The molecule has 3 heteroatoms. The molecule has 0 aliphatic heterocycles. The zero-order valence-corrected chi connectivity index (χ0v) is 67.3. The number of hydrogen-bond donors (Lipinski definition) is 2. The fourth-order valence-corrected chi connectivity index (χ4v) is 19.7. The first-order chi connectivity index (χ1) is 50.1. The lowest BCUT2D eigenvalue weighted by Crippen LogP contribution is -2.31. The molecule has 0 aliphatic rings. The summed E-state index contributed by atoms with van der Waals surface area (Å²) in [4.78, 5) is 14.9. The minimum atomic E-state index is -0.176. The van der Waals surface area contributed by atoms with Gasteiger partial charge in [0.1, 0.15) is 0 Å². The standard InChI is InChI=1S/C101H128N2O/c1-59(2)25-20-30-64(11)37-42-70-47-77-79-49-71(43-38-65(12)31-21-26-60(3)4)51-81-83-53-73(45-40-67(14)33-23-28-62(7)8)55-85-87-57-76(103-101(104)102-69(16)75-35-18-17-19-36-75)58-88-86-56-74(46-41-68(15)34-24-29-63(9)10)54-84-82-52-72(44-39-66(13)32-22-27-61(5)6)50-80-78(48-70)89(77)95-96(90(79)81)98(92(83)85)100(94(87)88)99(93(84)86)97(95)91(80)82/h17-19,35-36,47-69H,20-34,37-46H2,1-16H3,(H2,102,103,104)/t64?,65?,66?,67?,68?,69-/m0/s1. The van der Waals surface area contributed by atoms with Crippen LogP contribution in [0.4, 0.5) is 10.5 Å². The van der Waals surface area contributed by atoms with Gasteiger partial charge in [-0.3, -0.25) is 0 Å². The molecule has 0 spiro atoms. The zero-order chi connectivity index (χ0) is 72.9. The highest BCUT2D eigenvalue weighted by molar-refractivity contribution is 6.61. The molecule has 3 nitrogen and oxygen atoms in total. The summed E-state index contributed by atoms with van der Waals surface area (Å²) in [6.45, 7) is 38.6. The minimum Gasteiger partial charge on any atom is -0.331 e. The van der Waals surface area contributed by atoms with Crippen LogP contribution in [0.1, 0.15) is 279 Å². The lowest BCUT2D eigenvalue weighted by molar-refractivity contribution is 0.249. The van der Waals surface area contributed by atoms with Gasteiger partial charge in [-0.05, 0) is 305 Å². The highest BCUT2D eigenvalue weighted by Gasteiger charge is 2.34. The Morgan fingerprint density at radius 2 is 0.471 bits per heavy atom. The van der Waals surface area contributed by atoms with Crippen LogP contribution in [-0.4, -0.2) is 6.03 Å². The van der Waals surface area contributed by atoms with E-state index in [0.29, 0.717) is 29.6 Å². The molecule has 0 bridgehead atoms. The van der Waals surface area contributed by atoms with Crippen LogP contribution in [0.5, 0.6) is 0 Å². The average Bonchev–Trinajstić information content (AvgIpc) is 0.643. The Morgan fingerprint density at radius 3 is 0.683 bits per heavy atom. The summed E-state index contributed by atoms with van der Waals surface area (Å²) >= 11 is 0. The van der Waals surface area contributed by atoms with Crippen LogP contribution in [0, 0.1) is 59.2 Å². The molecule has 0 saturated heterocycles. The molecule has 14 aromatic carbocycles. The fourth-order valence-electron chi connectivity index (χ4n) is 19.7.